The fourth-order valence-electron chi connectivity index (χ4n) is 3.84. The van der Waals surface area contributed by atoms with Gasteiger partial charge < -0.3 is 10.1 Å². The number of para-hydroxylation sites is 1. The third kappa shape index (κ3) is 3.13. The summed E-state index contributed by atoms with van der Waals surface area (Å²) < 4.78 is 5.19. The summed E-state index contributed by atoms with van der Waals surface area (Å²) in [5, 5.41) is 2.85. The quantitative estimate of drug-likeness (QED) is 0.658. The van der Waals surface area contributed by atoms with Gasteiger partial charge in [0.2, 0.25) is 0 Å². The second-order valence-electron chi connectivity index (χ2n) is 6.88. The first-order valence-electron chi connectivity index (χ1n) is 8.81. The molecule has 0 bridgehead atoms. The summed E-state index contributed by atoms with van der Waals surface area (Å²) in [5.74, 6) is 0.479. The first-order chi connectivity index (χ1) is 12.0. The molecule has 2 aliphatic rings. The first-order valence-corrected chi connectivity index (χ1v) is 8.81. The molecule has 1 aromatic rings. The maximum absolute atomic E-state index is 12.9. The van der Waals surface area contributed by atoms with E-state index in [4.69, 9.17) is 4.74 Å². The highest BCUT2D eigenvalue weighted by molar-refractivity contribution is 6.11. The standard InChI is InChI=1S/C19H24N2O4/c1-3-13-8-10-19(11-9-13)17(23)21(18(24)20-19)12-15(22)14-6-4-5-7-16(14)25-2/h4-7,13H,3,8-12H2,1-2H3,(H,20,24). The maximum Gasteiger partial charge on any atom is 0.325 e. The van der Waals surface area contributed by atoms with Gasteiger partial charge in [0.15, 0.2) is 5.78 Å². The summed E-state index contributed by atoms with van der Waals surface area (Å²) in [6.07, 6.45) is 4.24. The fraction of sp³-hybridized carbons (Fsp3) is 0.526. The Morgan fingerprint density at radius 3 is 2.60 bits per heavy atom. The van der Waals surface area contributed by atoms with Crippen molar-refractivity contribution in [3.05, 3.63) is 29.8 Å². The zero-order valence-electron chi connectivity index (χ0n) is 14.7. The smallest absolute Gasteiger partial charge is 0.325 e. The molecular weight excluding hydrogens is 320 g/mol. The SMILES string of the molecule is CCC1CCC2(CC1)NC(=O)N(CC(=O)c1ccccc1OC)C2=O. The number of nitrogens with zero attached hydrogens (tertiary/aromatic N) is 1. The van der Waals surface area contributed by atoms with Gasteiger partial charge in [-0.25, -0.2) is 4.79 Å². The molecule has 134 valence electrons. The largest absolute Gasteiger partial charge is 0.496 e. The van der Waals surface area contributed by atoms with Gasteiger partial charge in [0.05, 0.1) is 19.2 Å². The molecule has 3 rings (SSSR count). The second kappa shape index (κ2) is 6.86. The first kappa shape index (κ1) is 17.5. The van der Waals surface area contributed by atoms with Crippen molar-refractivity contribution in [3.63, 3.8) is 0 Å². The number of imide groups is 1. The highest BCUT2D eigenvalue weighted by Gasteiger charge is 2.52. The second-order valence-corrected chi connectivity index (χ2v) is 6.88. The number of Topliss-reactive ketones (excluding diaryl/α,β-unsaturated/α-hetero) is 1. The Morgan fingerprint density at radius 1 is 1.28 bits per heavy atom. The number of hydrogen-bond acceptors (Lipinski definition) is 4. The number of amides is 3. The number of hydrogen-bond donors (Lipinski definition) is 1. The average Bonchev–Trinajstić information content (AvgIpc) is 2.86. The molecule has 25 heavy (non-hydrogen) atoms. The topological polar surface area (TPSA) is 75.7 Å². The maximum atomic E-state index is 12.9. The van der Waals surface area contributed by atoms with Gasteiger partial charge in [0.25, 0.3) is 5.91 Å². The number of carbonyl (C=O) groups is 3. The number of benzene rings is 1. The lowest BCUT2D eigenvalue weighted by Gasteiger charge is -2.34. The summed E-state index contributed by atoms with van der Waals surface area (Å²) in [7, 11) is 1.49. The van der Waals surface area contributed by atoms with E-state index in [1.54, 1.807) is 24.3 Å². The summed E-state index contributed by atoms with van der Waals surface area (Å²) in [4.78, 5) is 38.9. The predicted octanol–water partition coefficient (Wildman–Crippen LogP) is 2.77. The number of nitrogens with one attached hydrogen (secondary N) is 1. The van der Waals surface area contributed by atoms with Crippen LogP contribution in [0.25, 0.3) is 0 Å². The van der Waals surface area contributed by atoms with Gasteiger partial charge in [0.1, 0.15) is 11.3 Å². The zero-order valence-corrected chi connectivity index (χ0v) is 14.7. The molecule has 6 heteroatoms. The van der Waals surface area contributed by atoms with E-state index in [1.807, 2.05) is 0 Å². The van der Waals surface area contributed by atoms with E-state index in [0.717, 1.165) is 24.2 Å². The van der Waals surface area contributed by atoms with E-state index in [2.05, 4.69) is 12.2 Å². The summed E-state index contributed by atoms with van der Waals surface area (Å²) in [5.41, 5.74) is -0.440. The average molecular weight is 344 g/mol. The molecule has 0 radical (unpaired) electrons. The van der Waals surface area contributed by atoms with Gasteiger partial charge in [-0.15, -0.1) is 0 Å². The van der Waals surface area contributed by atoms with E-state index < -0.39 is 11.6 Å². The number of ketones is 1. The molecular formula is C19H24N2O4. The van der Waals surface area contributed by atoms with Crippen LogP contribution in [0, 0.1) is 5.92 Å². The number of rotatable bonds is 5. The third-order valence-electron chi connectivity index (χ3n) is 5.49. The Labute approximate surface area is 147 Å². The highest BCUT2D eigenvalue weighted by atomic mass is 16.5. The molecule has 6 nitrogen and oxygen atoms in total. The monoisotopic (exact) mass is 344 g/mol. The highest BCUT2D eigenvalue weighted by Crippen LogP contribution is 2.37. The zero-order chi connectivity index (χ0) is 18.0. The lowest BCUT2D eigenvalue weighted by Crippen LogP contribution is -2.49. The van der Waals surface area contributed by atoms with Crippen LogP contribution in [0.4, 0.5) is 4.79 Å². The van der Waals surface area contributed by atoms with Gasteiger partial charge in [-0.2, -0.15) is 0 Å². The molecule has 1 heterocycles. The Bertz CT molecular complexity index is 692. The van der Waals surface area contributed by atoms with E-state index in [9.17, 15) is 14.4 Å². The van der Waals surface area contributed by atoms with Gasteiger partial charge in [-0.05, 0) is 43.7 Å². The fourth-order valence-corrected chi connectivity index (χ4v) is 3.84. The Morgan fingerprint density at radius 2 is 1.96 bits per heavy atom. The molecule has 1 N–H and O–H groups in total. The van der Waals surface area contributed by atoms with Crippen LogP contribution in [-0.2, 0) is 4.79 Å². The van der Waals surface area contributed by atoms with Gasteiger partial charge in [0, 0.05) is 0 Å². The van der Waals surface area contributed by atoms with Crippen molar-refractivity contribution < 1.29 is 19.1 Å². The van der Waals surface area contributed by atoms with Crippen LogP contribution in [0.1, 0.15) is 49.4 Å². The van der Waals surface area contributed by atoms with Gasteiger partial charge in [-0.1, -0.05) is 25.5 Å². The Hall–Kier alpha value is -2.37. The molecule has 0 aromatic heterocycles. The minimum absolute atomic E-state index is 0.260. The number of urea groups is 1. The van der Waals surface area contributed by atoms with Crippen molar-refractivity contribution in [1.29, 1.82) is 0 Å². The molecule has 1 aliphatic heterocycles. The van der Waals surface area contributed by atoms with Crippen molar-refractivity contribution in [2.75, 3.05) is 13.7 Å². The Balaban J connectivity index is 1.74. The lowest BCUT2D eigenvalue weighted by molar-refractivity contribution is -0.132. The van der Waals surface area contributed by atoms with Crippen molar-refractivity contribution in [3.8, 4) is 5.75 Å². The molecule has 1 aromatic carbocycles. The Kier molecular flexibility index (Phi) is 4.79. The van der Waals surface area contributed by atoms with E-state index in [-0.39, 0.29) is 18.2 Å². The molecule has 0 unspecified atom stereocenters. The number of ether oxygens (including phenoxy) is 1. The lowest BCUT2D eigenvalue weighted by atomic mass is 9.75. The molecule has 3 amide bonds. The summed E-state index contributed by atoms with van der Waals surface area (Å²) in [6, 6.07) is 6.36. The molecule has 2 fully saturated rings. The van der Waals surface area contributed by atoms with Crippen LogP contribution in [0.2, 0.25) is 0 Å². The van der Waals surface area contributed by atoms with Crippen LogP contribution in [0.3, 0.4) is 0 Å². The molecule has 1 saturated heterocycles. The normalized spacial score (nSPS) is 26.0. The minimum Gasteiger partial charge on any atom is -0.496 e. The third-order valence-corrected chi connectivity index (χ3v) is 5.49. The van der Waals surface area contributed by atoms with Crippen LogP contribution < -0.4 is 10.1 Å². The van der Waals surface area contributed by atoms with Gasteiger partial charge in [-0.3, -0.25) is 14.5 Å². The van der Waals surface area contributed by atoms with Crippen molar-refractivity contribution in [2.24, 2.45) is 5.92 Å². The summed E-state index contributed by atoms with van der Waals surface area (Å²) in [6.45, 7) is 1.89. The van der Waals surface area contributed by atoms with E-state index in [1.165, 1.54) is 7.11 Å². The number of methoxy groups -OCH3 is 1. The van der Waals surface area contributed by atoms with Crippen LogP contribution >= 0.6 is 0 Å². The predicted molar refractivity (Wildman–Crippen MR) is 92.5 cm³/mol. The van der Waals surface area contributed by atoms with Crippen molar-refractivity contribution in [1.82, 2.24) is 10.2 Å². The van der Waals surface area contributed by atoms with Crippen LogP contribution in [-0.4, -0.2) is 41.8 Å². The van der Waals surface area contributed by atoms with Gasteiger partial charge >= 0.3 is 6.03 Å². The number of carbonyl (C=O) groups excluding carboxylic acids is 3. The van der Waals surface area contributed by atoms with Crippen molar-refractivity contribution in [2.45, 2.75) is 44.6 Å². The van der Waals surface area contributed by atoms with Crippen LogP contribution in [0.5, 0.6) is 5.75 Å². The summed E-state index contributed by atoms with van der Waals surface area (Å²) >= 11 is 0. The molecule has 1 spiro atoms. The van der Waals surface area contributed by atoms with Crippen molar-refractivity contribution >= 4 is 17.7 Å². The van der Waals surface area contributed by atoms with Crippen LogP contribution in [0.15, 0.2) is 24.3 Å². The molecule has 1 saturated carbocycles. The van der Waals surface area contributed by atoms with E-state index in [0.29, 0.717) is 30.1 Å². The van der Waals surface area contributed by atoms with E-state index >= 15 is 0 Å². The molecule has 1 aliphatic carbocycles. The minimum atomic E-state index is -0.816. The molecule has 0 atom stereocenters.